The van der Waals surface area contributed by atoms with Gasteiger partial charge in [-0.2, -0.15) is 5.10 Å². The highest BCUT2D eigenvalue weighted by molar-refractivity contribution is 6.06. The third-order valence-electron chi connectivity index (χ3n) is 3.36. The maximum absolute atomic E-state index is 12.4. The monoisotopic (exact) mass is 305 g/mol. The quantitative estimate of drug-likeness (QED) is 0.577. The van der Waals surface area contributed by atoms with E-state index in [1.807, 2.05) is 31.2 Å². The highest BCUT2D eigenvalue weighted by Gasteiger charge is 2.10. The first-order chi connectivity index (χ1) is 11.1. The van der Waals surface area contributed by atoms with Gasteiger partial charge in [-0.25, -0.2) is 5.43 Å². The van der Waals surface area contributed by atoms with Gasteiger partial charge in [-0.3, -0.25) is 9.78 Å². The number of nitrogens with zero attached hydrogens (tertiary/aromatic N) is 2. The predicted molar refractivity (Wildman–Crippen MR) is 89.6 cm³/mol. The molecular weight excluding hydrogens is 290 g/mol. The number of rotatable bonds is 3. The van der Waals surface area contributed by atoms with Crippen LogP contribution in [-0.2, 0) is 0 Å². The topological polar surface area (TPSA) is 74.6 Å². The molecule has 1 aromatic heterocycles. The van der Waals surface area contributed by atoms with Crippen LogP contribution in [0.4, 0.5) is 0 Å². The summed E-state index contributed by atoms with van der Waals surface area (Å²) >= 11 is 0. The first-order valence-electron chi connectivity index (χ1n) is 7.12. The van der Waals surface area contributed by atoms with Crippen molar-refractivity contribution in [1.82, 2.24) is 10.4 Å². The van der Waals surface area contributed by atoms with E-state index in [-0.39, 0.29) is 11.7 Å². The number of para-hydroxylation sites is 1. The maximum atomic E-state index is 12.4. The van der Waals surface area contributed by atoms with Crippen LogP contribution < -0.4 is 5.43 Å². The molecule has 0 radical (unpaired) electrons. The lowest BCUT2D eigenvalue weighted by molar-refractivity contribution is 0.0956. The average molecular weight is 305 g/mol. The number of nitrogens with one attached hydrogen (secondary N) is 1. The number of benzene rings is 2. The molecule has 0 unspecified atom stereocenters. The first kappa shape index (κ1) is 14.7. The molecule has 0 spiro atoms. The van der Waals surface area contributed by atoms with Crippen LogP contribution in [0, 0.1) is 6.92 Å². The van der Waals surface area contributed by atoms with Crippen molar-refractivity contribution in [2.24, 2.45) is 5.10 Å². The lowest BCUT2D eigenvalue weighted by Crippen LogP contribution is -2.18. The van der Waals surface area contributed by atoms with Gasteiger partial charge in [0, 0.05) is 11.1 Å². The van der Waals surface area contributed by atoms with Crippen LogP contribution in [0.15, 0.2) is 59.7 Å². The standard InChI is InChI=1S/C18H15N3O2/c1-12-10-16(15-4-2-3-5-17(15)20-12)18(23)21-19-11-13-6-8-14(22)9-7-13/h2-11,22H,1H3,(H,21,23). The number of amides is 1. The Labute approximate surface area is 133 Å². The Balaban J connectivity index is 1.82. The molecule has 3 aromatic rings. The molecule has 1 heterocycles. The number of aromatic nitrogens is 1. The molecule has 0 bridgehead atoms. The minimum atomic E-state index is -0.290. The van der Waals surface area contributed by atoms with Crippen molar-refractivity contribution in [3.63, 3.8) is 0 Å². The van der Waals surface area contributed by atoms with Crippen molar-refractivity contribution in [3.05, 3.63) is 71.4 Å². The largest absolute Gasteiger partial charge is 0.508 e. The molecule has 2 aromatic carbocycles. The molecule has 23 heavy (non-hydrogen) atoms. The number of phenolic OH excluding ortho intramolecular Hbond substituents is 1. The highest BCUT2D eigenvalue weighted by atomic mass is 16.3. The molecule has 114 valence electrons. The number of pyridine rings is 1. The van der Waals surface area contributed by atoms with E-state index in [4.69, 9.17) is 0 Å². The summed E-state index contributed by atoms with van der Waals surface area (Å²) in [6, 6.07) is 15.8. The molecule has 0 saturated heterocycles. The number of fused-ring (bicyclic) bond motifs is 1. The Morgan fingerprint density at radius 3 is 2.70 bits per heavy atom. The molecular formula is C18H15N3O2. The van der Waals surface area contributed by atoms with E-state index in [0.29, 0.717) is 5.56 Å². The summed E-state index contributed by atoms with van der Waals surface area (Å²) in [4.78, 5) is 16.8. The van der Waals surface area contributed by atoms with E-state index in [1.54, 1.807) is 30.3 Å². The second kappa shape index (κ2) is 6.27. The SMILES string of the molecule is Cc1cc(C(=O)NN=Cc2ccc(O)cc2)c2ccccc2n1. The van der Waals surface area contributed by atoms with E-state index in [0.717, 1.165) is 22.2 Å². The van der Waals surface area contributed by atoms with Crippen LogP contribution in [0.3, 0.4) is 0 Å². The fourth-order valence-corrected chi connectivity index (χ4v) is 2.28. The van der Waals surface area contributed by atoms with Gasteiger partial charge in [0.1, 0.15) is 5.75 Å². The van der Waals surface area contributed by atoms with Crippen LogP contribution in [0.25, 0.3) is 10.9 Å². The molecule has 0 saturated carbocycles. The van der Waals surface area contributed by atoms with Crippen molar-refractivity contribution < 1.29 is 9.90 Å². The van der Waals surface area contributed by atoms with Crippen molar-refractivity contribution in [2.75, 3.05) is 0 Å². The molecule has 1 amide bonds. The van der Waals surface area contributed by atoms with Crippen molar-refractivity contribution in [2.45, 2.75) is 6.92 Å². The van der Waals surface area contributed by atoms with Crippen LogP contribution in [0.1, 0.15) is 21.6 Å². The molecule has 2 N–H and O–H groups in total. The van der Waals surface area contributed by atoms with Gasteiger partial charge in [0.05, 0.1) is 17.3 Å². The Morgan fingerprint density at radius 2 is 1.91 bits per heavy atom. The van der Waals surface area contributed by atoms with Gasteiger partial charge < -0.3 is 5.11 Å². The van der Waals surface area contributed by atoms with E-state index in [1.165, 1.54) is 6.21 Å². The zero-order valence-electron chi connectivity index (χ0n) is 12.5. The molecule has 5 heteroatoms. The summed E-state index contributed by atoms with van der Waals surface area (Å²) < 4.78 is 0. The Hall–Kier alpha value is -3.21. The lowest BCUT2D eigenvalue weighted by Gasteiger charge is -2.06. The normalized spacial score (nSPS) is 11.0. The second-order valence-corrected chi connectivity index (χ2v) is 5.12. The molecule has 0 aliphatic rings. The molecule has 5 nitrogen and oxygen atoms in total. The molecule has 3 rings (SSSR count). The van der Waals surface area contributed by atoms with Crippen LogP contribution in [0.2, 0.25) is 0 Å². The molecule has 0 aliphatic carbocycles. The fraction of sp³-hybridized carbons (Fsp3) is 0.0556. The minimum Gasteiger partial charge on any atom is -0.508 e. The zero-order valence-corrected chi connectivity index (χ0v) is 12.5. The van der Waals surface area contributed by atoms with E-state index >= 15 is 0 Å². The third-order valence-corrected chi connectivity index (χ3v) is 3.36. The number of hydrogen-bond donors (Lipinski definition) is 2. The van der Waals surface area contributed by atoms with Crippen molar-refractivity contribution in [3.8, 4) is 5.75 Å². The fourth-order valence-electron chi connectivity index (χ4n) is 2.28. The van der Waals surface area contributed by atoms with Gasteiger partial charge >= 0.3 is 0 Å². The van der Waals surface area contributed by atoms with Gasteiger partial charge in [0.2, 0.25) is 0 Å². The number of carbonyl (C=O) groups is 1. The van der Waals surface area contributed by atoms with Gasteiger partial charge in [-0.1, -0.05) is 18.2 Å². The van der Waals surface area contributed by atoms with Gasteiger partial charge in [-0.05, 0) is 48.9 Å². The van der Waals surface area contributed by atoms with Gasteiger partial charge in [-0.15, -0.1) is 0 Å². The Bertz CT molecular complexity index is 886. The average Bonchev–Trinajstić information content (AvgIpc) is 2.55. The third kappa shape index (κ3) is 3.35. The Morgan fingerprint density at radius 1 is 1.17 bits per heavy atom. The zero-order chi connectivity index (χ0) is 16.2. The summed E-state index contributed by atoms with van der Waals surface area (Å²) in [5, 5.41) is 14.0. The molecule has 0 fully saturated rings. The highest BCUT2D eigenvalue weighted by Crippen LogP contribution is 2.18. The minimum absolute atomic E-state index is 0.185. The summed E-state index contributed by atoms with van der Waals surface area (Å²) in [7, 11) is 0. The number of hydrogen-bond acceptors (Lipinski definition) is 4. The van der Waals surface area contributed by atoms with Gasteiger partial charge in [0.25, 0.3) is 5.91 Å². The molecule has 0 atom stereocenters. The maximum Gasteiger partial charge on any atom is 0.272 e. The summed E-state index contributed by atoms with van der Waals surface area (Å²) in [6.07, 6.45) is 1.52. The Kier molecular flexibility index (Phi) is 4.01. The molecule has 0 aliphatic heterocycles. The van der Waals surface area contributed by atoms with Crippen LogP contribution >= 0.6 is 0 Å². The van der Waals surface area contributed by atoms with Crippen molar-refractivity contribution in [1.29, 1.82) is 0 Å². The lowest BCUT2D eigenvalue weighted by atomic mass is 10.1. The predicted octanol–water partition coefficient (Wildman–Crippen LogP) is 3.01. The van der Waals surface area contributed by atoms with Crippen LogP contribution in [-0.4, -0.2) is 22.2 Å². The number of aryl methyl sites for hydroxylation is 1. The number of hydrazone groups is 1. The van der Waals surface area contributed by atoms with Gasteiger partial charge in [0.15, 0.2) is 0 Å². The van der Waals surface area contributed by atoms with E-state index in [9.17, 15) is 9.90 Å². The van der Waals surface area contributed by atoms with E-state index < -0.39 is 0 Å². The number of aromatic hydroxyl groups is 1. The summed E-state index contributed by atoms with van der Waals surface area (Å²) in [6.45, 7) is 1.85. The number of phenols is 1. The van der Waals surface area contributed by atoms with E-state index in [2.05, 4.69) is 15.5 Å². The summed E-state index contributed by atoms with van der Waals surface area (Å²) in [5.74, 6) is -0.105. The second-order valence-electron chi connectivity index (χ2n) is 5.12. The van der Waals surface area contributed by atoms with Crippen LogP contribution in [0.5, 0.6) is 5.75 Å². The summed E-state index contributed by atoms with van der Waals surface area (Å²) in [5.41, 5.74) is 5.39. The smallest absolute Gasteiger partial charge is 0.272 e. The number of carbonyl (C=O) groups excluding carboxylic acids is 1. The first-order valence-corrected chi connectivity index (χ1v) is 7.12. The van der Waals surface area contributed by atoms with Crippen molar-refractivity contribution >= 4 is 23.0 Å².